The summed E-state index contributed by atoms with van der Waals surface area (Å²) in [7, 11) is 2.76. The largest absolute Gasteiger partial charge is 0.467 e. The normalized spacial score (nSPS) is 17.5. The lowest BCUT2D eigenvalue weighted by Crippen LogP contribution is -2.44. The molecule has 0 radical (unpaired) electrons. The summed E-state index contributed by atoms with van der Waals surface area (Å²) < 4.78 is 9.99. The summed E-state index contributed by atoms with van der Waals surface area (Å²) in [5.74, 6) is -1.43. The van der Waals surface area contributed by atoms with Gasteiger partial charge in [0.2, 0.25) is 11.8 Å². The van der Waals surface area contributed by atoms with Gasteiger partial charge in [-0.15, -0.1) is 0 Å². The molecule has 0 spiro atoms. The second kappa shape index (κ2) is 25.7. The van der Waals surface area contributed by atoms with Gasteiger partial charge in [0, 0.05) is 19.1 Å². The molecule has 0 unspecified atom stereocenters. The van der Waals surface area contributed by atoms with Crippen molar-refractivity contribution in [2.24, 2.45) is 11.7 Å². The monoisotopic (exact) mass is 900 g/mol. The molecule has 4 atom stereocenters. The van der Waals surface area contributed by atoms with E-state index in [0.717, 1.165) is 48.2 Å². The molecule has 0 saturated carbocycles. The van der Waals surface area contributed by atoms with Crippen LogP contribution in [0.4, 0.5) is 0 Å². The summed E-state index contributed by atoms with van der Waals surface area (Å²) in [6, 6.07) is 58.4. The molecule has 6 aromatic carbocycles. The summed E-state index contributed by atoms with van der Waals surface area (Å²) in [6.07, 6.45) is 3.07. The number of hydrogen-bond donors (Lipinski definition) is 2. The summed E-state index contributed by atoms with van der Waals surface area (Å²) >= 11 is 0. The Labute approximate surface area is 396 Å². The molecule has 2 aliphatic rings. The van der Waals surface area contributed by atoms with Crippen molar-refractivity contribution >= 4 is 23.8 Å². The number of esters is 2. The van der Waals surface area contributed by atoms with E-state index in [9.17, 15) is 19.2 Å². The standard InChI is InChI=1S/C28H30N2O3.C21H23NO3.C8H11N/c1-33-28(32)25-19-24(29-18-17-21-11-5-2-6-12-21)20-30(25)27(31)26(22-13-7-3-8-14-22)23-15-9-4-10-16-23;1-15-13-18(21(24)25-2)22(14-15)20(23)19(16-9-5-3-6-10-16)17-11-7-4-8-12-17;9-7-6-8-4-2-1-3-5-8/h2-16,24-26,29H,17-20H2,1H3;3-12,15,18-19H,13-14H2,1-2H3;1-5H,6-7,9H2/t24-,25-;15-,18+;/m01./s1. The molecule has 3 N–H and O–H groups in total. The summed E-state index contributed by atoms with van der Waals surface area (Å²) in [5.41, 5.74) is 11.6. The number of nitrogens with one attached hydrogen (secondary N) is 1. The lowest BCUT2D eigenvalue weighted by molar-refractivity contribution is -0.151. The third-order valence-electron chi connectivity index (χ3n) is 12.3. The van der Waals surface area contributed by atoms with Crippen LogP contribution >= 0.6 is 0 Å². The van der Waals surface area contributed by atoms with E-state index in [4.69, 9.17) is 15.2 Å². The van der Waals surface area contributed by atoms with Crippen molar-refractivity contribution in [2.45, 2.75) is 62.6 Å². The van der Waals surface area contributed by atoms with Gasteiger partial charge in [-0.2, -0.15) is 0 Å². The first-order chi connectivity index (χ1) is 32.7. The van der Waals surface area contributed by atoms with Gasteiger partial charge in [0.15, 0.2) is 0 Å². The van der Waals surface area contributed by atoms with Crippen LogP contribution < -0.4 is 11.1 Å². The van der Waals surface area contributed by atoms with Crippen molar-refractivity contribution in [3.63, 3.8) is 0 Å². The smallest absolute Gasteiger partial charge is 0.328 e. The molecule has 2 saturated heterocycles. The Kier molecular flexibility index (Phi) is 19.0. The van der Waals surface area contributed by atoms with E-state index >= 15 is 0 Å². The molecular weight excluding hydrogens is 837 g/mol. The number of rotatable bonds is 14. The Bertz CT molecular complexity index is 2330. The van der Waals surface area contributed by atoms with Crippen molar-refractivity contribution in [3.05, 3.63) is 215 Å². The fourth-order valence-corrected chi connectivity index (χ4v) is 8.98. The van der Waals surface area contributed by atoms with Crippen LogP contribution in [-0.4, -0.2) is 92.1 Å². The third-order valence-corrected chi connectivity index (χ3v) is 12.3. The van der Waals surface area contributed by atoms with E-state index in [1.54, 1.807) is 9.80 Å². The number of methoxy groups -OCH3 is 2. The predicted octanol–water partition coefficient (Wildman–Crippen LogP) is 8.21. The van der Waals surface area contributed by atoms with Crippen LogP contribution in [0.15, 0.2) is 182 Å². The van der Waals surface area contributed by atoms with E-state index in [2.05, 4.69) is 36.5 Å². The minimum Gasteiger partial charge on any atom is -0.467 e. The highest BCUT2D eigenvalue weighted by molar-refractivity contribution is 5.92. The number of nitrogens with zero attached hydrogens (tertiary/aromatic N) is 2. The fourth-order valence-electron chi connectivity index (χ4n) is 8.98. The maximum absolute atomic E-state index is 13.9. The molecule has 10 heteroatoms. The van der Waals surface area contributed by atoms with Crippen LogP contribution in [0.1, 0.15) is 65.0 Å². The Balaban J connectivity index is 0.000000191. The molecule has 10 nitrogen and oxygen atoms in total. The van der Waals surface area contributed by atoms with Crippen LogP contribution in [-0.2, 0) is 41.5 Å². The Morgan fingerprint density at radius 3 is 1.24 bits per heavy atom. The van der Waals surface area contributed by atoms with Crippen LogP contribution in [0.5, 0.6) is 0 Å². The van der Waals surface area contributed by atoms with Gasteiger partial charge in [-0.25, -0.2) is 9.59 Å². The maximum Gasteiger partial charge on any atom is 0.328 e. The van der Waals surface area contributed by atoms with Gasteiger partial charge < -0.3 is 30.3 Å². The zero-order valence-electron chi connectivity index (χ0n) is 38.9. The third kappa shape index (κ3) is 13.8. The van der Waals surface area contributed by atoms with Crippen molar-refractivity contribution < 1.29 is 28.7 Å². The summed E-state index contributed by atoms with van der Waals surface area (Å²) in [5, 5.41) is 3.54. The average molecular weight is 901 g/mol. The van der Waals surface area contributed by atoms with Crippen LogP contribution in [0.3, 0.4) is 0 Å². The number of carbonyl (C=O) groups excluding carboxylic acids is 4. The Hall–Kier alpha value is -6.88. The highest BCUT2D eigenvalue weighted by atomic mass is 16.5. The van der Waals surface area contributed by atoms with Gasteiger partial charge >= 0.3 is 11.9 Å². The molecule has 2 fully saturated rings. The van der Waals surface area contributed by atoms with Crippen LogP contribution in [0, 0.1) is 5.92 Å². The van der Waals surface area contributed by atoms with E-state index in [1.165, 1.54) is 25.3 Å². The minimum absolute atomic E-state index is 0.0361. The number of benzene rings is 6. The lowest BCUT2D eigenvalue weighted by Gasteiger charge is -2.28. The molecule has 2 amide bonds. The SMILES string of the molecule is COC(=O)[C@@H]1C[C@@H](C)CN1C(=O)C(c1ccccc1)c1ccccc1.COC(=O)[C@@H]1C[C@H](NCCc2ccccc2)CN1C(=O)C(c1ccccc1)c1ccccc1.NCCc1ccccc1. The Morgan fingerprint density at radius 1 is 0.522 bits per heavy atom. The van der Waals surface area contributed by atoms with Gasteiger partial charge in [0.05, 0.1) is 26.1 Å². The zero-order valence-corrected chi connectivity index (χ0v) is 38.9. The molecule has 0 aliphatic carbocycles. The second-order valence-corrected chi connectivity index (χ2v) is 17.1. The minimum atomic E-state index is -0.591. The topological polar surface area (TPSA) is 131 Å². The average Bonchev–Trinajstić information content (AvgIpc) is 4.00. The number of carbonyl (C=O) groups is 4. The molecule has 0 bridgehead atoms. The quantitative estimate of drug-likeness (QED) is 0.105. The van der Waals surface area contributed by atoms with Gasteiger partial charge in [-0.1, -0.05) is 189 Å². The number of likely N-dealkylation sites (tertiary alicyclic amines) is 2. The number of nitrogens with two attached hydrogens (primary N) is 1. The van der Waals surface area contributed by atoms with E-state index in [0.29, 0.717) is 25.9 Å². The van der Waals surface area contributed by atoms with Gasteiger partial charge in [-0.3, -0.25) is 9.59 Å². The highest BCUT2D eigenvalue weighted by Gasteiger charge is 2.43. The summed E-state index contributed by atoms with van der Waals surface area (Å²) in [6.45, 7) is 4.64. The van der Waals surface area contributed by atoms with E-state index < -0.39 is 23.9 Å². The first-order valence-corrected chi connectivity index (χ1v) is 23.2. The zero-order chi connectivity index (χ0) is 47.4. The van der Waals surface area contributed by atoms with Crippen LogP contribution in [0.25, 0.3) is 0 Å². The number of hydrogen-bond acceptors (Lipinski definition) is 8. The predicted molar refractivity (Wildman–Crippen MR) is 264 cm³/mol. The maximum atomic E-state index is 13.9. The van der Waals surface area contributed by atoms with Crippen molar-refractivity contribution in [3.8, 4) is 0 Å². The second-order valence-electron chi connectivity index (χ2n) is 17.1. The first-order valence-electron chi connectivity index (χ1n) is 23.2. The molecule has 2 aliphatic heterocycles. The van der Waals surface area contributed by atoms with E-state index in [-0.39, 0.29) is 35.7 Å². The molecular formula is C57H64N4O6. The van der Waals surface area contributed by atoms with Crippen molar-refractivity contribution in [2.75, 3.05) is 40.4 Å². The first kappa shape index (κ1) is 49.6. The molecule has 67 heavy (non-hydrogen) atoms. The van der Waals surface area contributed by atoms with Crippen molar-refractivity contribution in [1.82, 2.24) is 15.1 Å². The van der Waals surface area contributed by atoms with E-state index in [1.807, 2.05) is 158 Å². The van der Waals surface area contributed by atoms with Gasteiger partial charge in [-0.05, 0) is 78.1 Å². The molecule has 2 heterocycles. The Morgan fingerprint density at radius 2 is 0.866 bits per heavy atom. The molecule has 0 aromatic heterocycles. The number of amides is 2. The highest BCUT2D eigenvalue weighted by Crippen LogP contribution is 2.33. The van der Waals surface area contributed by atoms with Crippen LogP contribution in [0.2, 0.25) is 0 Å². The number of ether oxygens (including phenoxy) is 2. The van der Waals surface area contributed by atoms with Gasteiger partial charge in [0.25, 0.3) is 0 Å². The van der Waals surface area contributed by atoms with Gasteiger partial charge in [0.1, 0.15) is 12.1 Å². The molecule has 6 aromatic rings. The molecule has 348 valence electrons. The van der Waals surface area contributed by atoms with Crippen molar-refractivity contribution in [1.29, 1.82) is 0 Å². The summed E-state index contributed by atoms with van der Waals surface area (Å²) in [4.78, 5) is 55.5. The fraction of sp³-hybridized carbons (Fsp3) is 0.298. The molecule has 8 rings (SSSR count). The lowest BCUT2D eigenvalue weighted by atomic mass is 9.90.